The molecule has 0 saturated carbocycles. The van der Waals surface area contributed by atoms with Gasteiger partial charge in [-0.25, -0.2) is 0 Å². The summed E-state index contributed by atoms with van der Waals surface area (Å²) in [6.07, 6.45) is 14.0. The number of hydrogen-bond donors (Lipinski definition) is 4. The minimum absolute atomic E-state index is 0.0158. The van der Waals surface area contributed by atoms with Crippen LogP contribution in [0.4, 0.5) is 0 Å². The second kappa shape index (κ2) is 17.6. The second-order valence-electron chi connectivity index (χ2n) is 12.1. The van der Waals surface area contributed by atoms with Gasteiger partial charge in [0.1, 0.15) is 5.78 Å². The van der Waals surface area contributed by atoms with Crippen LogP contribution in [-0.4, -0.2) is 41.7 Å². The molecular weight excluding hydrogens is 552 g/mol. The van der Waals surface area contributed by atoms with Crippen molar-refractivity contribution in [1.29, 1.82) is 0 Å². The summed E-state index contributed by atoms with van der Waals surface area (Å²) < 4.78 is 5.33. The number of hydrogen-bond acceptors (Lipinski definition) is 7. The van der Waals surface area contributed by atoms with Gasteiger partial charge in [0.05, 0.1) is 19.7 Å². The van der Waals surface area contributed by atoms with E-state index in [1.54, 1.807) is 18.2 Å². The summed E-state index contributed by atoms with van der Waals surface area (Å²) in [7, 11) is 1.48. The van der Waals surface area contributed by atoms with Crippen LogP contribution in [0.15, 0.2) is 59.8 Å². The maximum Gasteiger partial charge on any atom is 0.163 e. The van der Waals surface area contributed by atoms with Gasteiger partial charge < -0.3 is 26.0 Å². The van der Waals surface area contributed by atoms with Crippen LogP contribution in [0.2, 0.25) is 0 Å². The minimum Gasteiger partial charge on any atom is -0.504 e. The number of benzene rings is 2. The van der Waals surface area contributed by atoms with Crippen molar-refractivity contribution in [2.75, 3.05) is 13.7 Å². The molecule has 1 aliphatic rings. The zero-order valence-corrected chi connectivity index (χ0v) is 26.8. The molecule has 2 aromatic rings. The van der Waals surface area contributed by atoms with E-state index >= 15 is 0 Å². The standard InChI is InChI=1S/C37H50N2O5/c1-5-8-27(10-7-14-40)9-6-11-33(41)23-34(42)13-12-30-22-36(44-4)35(43)21-31(30)19-29-20-32(37(38)39-24-29)18-28-16-25(2)15-26(3)17-28/h12-13,15-17,20-22,24,27,37,39-40,43H,5-11,14,18-19,23,38H2,1-4H3/b13-12+/t27-,37?/m0/s1. The zero-order valence-electron chi connectivity index (χ0n) is 26.8. The molecule has 2 atom stereocenters. The molecule has 3 rings (SSSR count). The van der Waals surface area contributed by atoms with Gasteiger partial charge in [-0.3, -0.25) is 9.59 Å². The number of nitrogens with two attached hydrogens (primary N) is 1. The number of phenols is 1. The number of Topliss-reactive ketones (excluding diaryl/α,β-unsaturated/α-hetero) is 1. The lowest BCUT2D eigenvalue weighted by molar-refractivity contribution is -0.124. The number of carbonyl (C=O) groups is 2. The van der Waals surface area contributed by atoms with E-state index in [1.165, 1.54) is 29.9 Å². The zero-order chi connectivity index (χ0) is 32.1. The molecule has 0 spiro atoms. The Bertz CT molecular complexity index is 1350. The molecule has 0 radical (unpaired) electrons. The smallest absolute Gasteiger partial charge is 0.163 e. The van der Waals surface area contributed by atoms with E-state index in [2.05, 4.69) is 50.4 Å². The molecule has 1 aliphatic heterocycles. The average molecular weight is 603 g/mol. The molecule has 7 nitrogen and oxygen atoms in total. The number of methoxy groups -OCH3 is 1. The fourth-order valence-electron chi connectivity index (χ4n) is 6.00. The molecule has 1 unspecified atom stereocenters. The largest absolute Gasteiger partial charge is 0.504 e. The van der Waals surface area contributed by atoms with Gasteiger partial charge in [-0.2, -0.15) is 0 Å². The van der Waals surface area contributed by atoms with E-state index in [0.29, 0.717) is 24.5 Å². The number of aliphatic hydroxyl groups is 1. The van der Waals surface area contributed by atoms with Crippen molar-refractivity contribution in [2.45, 2.75) is 91.1 Å². The van der Waals surface area contributed by atoms with Crippen LogP contribution in [0.1, 0.15) is 86.1 Å². The number of carbonyl (C=O) groups excluding carboxylic acids is 2. The number of phenolic OH excluding ortho intramolecular Hbond substituents is 1. The van der Waals surface area contributed by atoms with Gasteiger partial charge in [-0.1, -0.05) is 67.7 Å². The Labute approximate surface area is 262 Å². The first kappa shape index (κ1) is 34.8. The first-order chi connectivity index (χ1) is 21.1. The highest BCUT2D eigenvalue weighted by molar-refractivity contribution is 6.06. The molecule has 44 heavy (non-hydrogen) atoms. The fraction of sp³-hybridized carbons (Fsp3) is 0.459. The molecule has 0 bridgehead atoms. The molecular formula is C37H50N2O5. The Morgan fingerprint density at radius 2 is 1.77 bits per heavy atom. The molecule has 7 heteroatoms. The molecule has 0 aromatic heterocycles. The number of ether oxygens (including phenoxy) is 1. The van der Waals surface area contributed by atoms with E-state index in [4.69, 9.17) is 15.6 Å². The molecule has 0 saturated heterocycles. The fourth-order valence-corrected chi connectivity index (χ4v) is 6.00. The van der Waals surface area contributed by atoms with E-state index in [-0.39, 0.29) is 36.5 Å². The SMILES string of the molecule is CCC[C@H](CCCO)CCCC(=O)CC(=O)/C=C/c1cc(OC)c(O)cc1CC1=CNC(N)C(Cc2cc(C)cc(C)c2)=C1. The van der Waals surface area contributed by atoms with Gasteiger partial charge in [-0.15, -0.1) is 0 Å². The molecule has 1 heterocycles. The van der Waals surface area contributed by atoms with E-state index in [0.717, 1.165) is 67.2 Å². The molecule has 0 aliphatic carbocycles. The monoisotopic (exact) mass is 602 g/mol. The van der Waals surface area contributed by atoms with Gasteiger partial charge in [-0.05, 0) is 97.9 Å². The predicted molar refractivity (Wildman–Crippen MR) is 177 cm³/mol. The predicted octanol–water partition coefficient (Wildman–Crippen LogP) is 6.40. The lowest BCUT2D eigenvalue weighted by Gasteiger charge is -2.23. The first-order valence-electron chi connectivity index (χ1n) is 15.8. The normalized spacial score (nSPS) is 15.5. The topological polar surface area (TPSA) is 122 Å². The molecule has 5 N–H and O–H groups in total. The number of aromatic hydroxyl groups is 1. The average Bonchev–Trinajstić information content (AvgIpc) is 2.96. The van der Waals surface area contributed by atoms with Gasteiger partial charge in [0, 0.05) is 19.2 Å². The van der Waals surface area contributed by atoms with E-state index < -0.39 is 0 Å². The Kier molecular flexibility index (Phi) is 13.9. The van der Waals surface area contributed by atoms with Crippen molar-refractivity contribution in [1.82, 2.24) is 5.32 Å². The van der Waals surface area contributed by atoms with Gasteiger partial charge >= 0.3 is 0 Å². The van der Waals surface area contributed by atoms with Crippen LogP contribution in [0, 0.1) is 19.8 Å². The third-order valence-electron chi connectivity index (χ3n) is 8.10. The van der Waals surface area contributed by atoms with Crippen LogP contribution in [-0.2, 0) is 22.4 Å². The summed E-state index contributed by atoms with van der Waals surface area (Å²) in [5, 5.41) is 22.9. The van der Waals surface area contributed by atoms with Gasteiger partial charge in [0.25, 0.3) is 0 Å². The van der Waals surface area contributed by atoms with Crippen molar-refractivity contribution < 1.29 is 24.5 Å². The Balaban J connectivity index is 1.68. The molecule has 0 amide bonds. The highest BCUT2D eigenvalue weighted by Crippen LogP contribution is 2.32. The first-order valence-corrected chi connectivity index (χ1v) is 15.8. The van der Waals surface area contributed by atoms with Crippen molar-refractivity contribution in [3.8, 4) is 11.5 Å². The number of aryl methyl sites for hydroxylation is 2. The molecule has 0 fully saturated rings. The van der Waals surface area contributed by atoms with Gasteiger partial charge in [0.15, 0.2) is 17.3 Å². The maximum atomic E-state index is 12.7. The minimum atomic E-state index is -0.295. The van der Waals surface area contributed by atoms with Crippen molar-refractivity contribution in [3.63, 3.8) is 0 Å². The number of aliphatic hydroxyl groups excluding tert-OH is 1. The Morgan fingerprint density at radius 1 is 1.05 bits per heavy atom. The summed E-state index contributed by atoms with van der Waals surface area (Å²) >= 11 is 0. The van der Waals surface area contributed by atoms with Crippen LogP contribution in [0.5, 0.6) is 11.5 Å². The van der Waals surface area contributed by atoms with Crippen molar-refractivity contribution >= 4 is 17.6 Å². The summed E-state index contributed by atoms with van der Waals surface area (Å²) in [5.41, 5.74) is 13.6. The highest BCUT2D eigenvalue weighted by Gasteiger charge is 2.17. The number of rotatable bonds is 18. The molecule has 2 aromatic carbocycles. The number of allylic oxidation sites excluding steroid dienone is 3. The van der Waals surface area contributed by atoms with Crippen molar-refractivity contribution in [3.05, 3.63) is 87.6 Å². The molecule has 238 valence electrons. The summed E-state index contributed by atoms with van der Waals surface area (Å²) in [6, 6.07) is 9.86. The summed E-state index contributed by atoms with van der Waals surface area (Å²) in [4.78, 5) is 25.3. The van der Waals surface area contributed by atoms with Crippen LogP contribution < -0.4 is 15.8 Å². The van der Waals surface area contributed by atoms with Gasteiger partial charge in [0.2, 0.25) is 0 Å². The number of dihydropyridines is 1. The van der Waals surface area contributed by atoms with Crippen LogP contribution in [0.3, 0.4) is 0 Å². The van der Waals surface area contributed by atoms with Crippen molar-refractivity contribution in [2.24, 2.45) is 11.7 Å². The quantitative estimate of drug-likeness (QED) is 0.115. The second-order valence-corrected chi connectivity index (χ2v) is 12.1. The number of ketones is 2. The van der Waals surface area contributed by atoms with Crippen LogP contribution in [0.25, 0.3) is 6.08 Å². The third kappa shape index (κ3) is 11.1. The van der Waals surface area contributed by atoms with Crippen LogP contribution >= 0.6 is 0 Å². The maximum absolute atomic E-state index is 12.7. The van der Waals surface area contributed by atoms with E-state index in [9.17, 15) is 14.7 Å². The van der Waals surface area contributed by atoms with E-state index in [1.807, 2.05) is 6.20 Å². The number of nitrogens with one attached hydrogen (secondary N) is 1. The lowest BCUT2D eigenvalue weighted by Crippen LogP contribution is -2.38. The lowest BCUT2D eigenvalue weighted by atomic mass is 9.91. The Hall–Kier alpha value is -3.68. The summed E-state index contributed by atoms with van der Waals surface area (Å²) in [6.45, 7) is 6.53. The summed E-state index contributed by atoms with van der Waals surface area (Å²) in [5.74, 6) is 0.530. The highest BCUT2D eigenvalue weighted by atomic mass is 16.5. The Morgan fingerprint density at radius 3 is 2.45 bits per heavy atom. The third-order valence-corrected chi connectivity index (χ3v) is 8.10.